The van der Waals surface area contributed by atoms with Crippen LogP contribution in [0.25, 0.3) is 11.0 Å². The molecule has 142 valence electrons. The third kappa shape index (κ3) is 3.76. The van der Waals surface area contributed by atoms with Crippen LogP contribution in [0.3, 0.4) is 0 Å². The predicted molar refractivity (Wildman–Crippen MR) is 114 cm³/mol. The molecule has 0 bridgehead atoms. The van der Waals surface area contributed by atoms with Crippen molar-refractivity contribution in [2.45, 2.75) is 38.1 Å². The van der Waals surface area contributed by atoms with Crippen molar-refractivity contribution in [3.8, 4) is 0 Å². The van der Waals surface area contributed by atoms with Gasteiger partial charge in [0.15, 0.2) is 5.16 Å². The van der Waals surface area contributed by atoms with Crippen molar-refractivity contribution in [2.24, 2.45) is 0 Å². The highest BCUT2D eigenvalue weighted by Crippen LogP contribution is 2.28. The molecule has 2 aromatic carbocycles. The van der Waals surface area contributed by atoms with Gasteiger partial charge in [-0.15, -0.1) is 0 Å². The van der Waals surface area contributed by atoms with Crippen molar-refractivity contribution >= 4 is 22.7 Å². The Bertz CT molecular complexity index is 1190. The molecule has 4 nitrogen and oxygen atoms in total. The van der Waals surface area contributed by atoms with Crippen LogP contribution in [-0.4, -0.2) is 9.97 Å². The summed E-state index contributed by atoms with van der Waals surface area (Å²) in [6.07, 6.45) is 0.806. The molecule has 0 radical (unpaired) electrons. The van der Waals surface area contributed by atoms with Crippen molar-refractivity contribution in [2.75, 3.05) is 0 Å². The highest BCUT2D eigenvalue weighted by atomic mass is 32.2. The first-order valence-corrected chi connectivity index (χ1v) is 10.2. The Kier molecular flexibility index (Phi) is 5.09. The SMILES string of the molecule is Cc1ccc2c(CSc3nc(Cc4ccccc4)c(C)[nH]3)cc(=O)oc2c1C. The fraction of sp³-hybridized carbons (Fsp3) is 0.217. The molecular weight excluding hydrogens is 368 g/mol. The standard InChI is InChI=1S/C23H22N2O2S/c1-14-9-10-19-18(12-21(26)27-22(19)15(14)2)13-28-23-24-16(3)20(25-23)11-17-7-5-4-6-8-17/h4-10,12H,11,13H2,1-3H3,(H,24,25). The van der Waals surface area contributed by atoms with Gasteiger partial charge in [0.2, 0.25) is 0 Å². The second-order valence-electron chi connectivity index (χ2n) is 7.04. The van der Waals surface area contributed by atoms with Gasteiger partial charge in [-0.2, -0.15) is 0 Å². The molecule has 5 heteroatoms. The monoisotopic (exact) mass is 390 g/mol. The van der Waals surface area contributed by atoms with E-state index >= 15 is 0 Å². The molecule has 0 saturated heterocycles. The summed E-state index contributed by atoms with van der Waals surface area (Å²) >= 11 is 1.61. The Labute approximate surface area is 168 Å². The molecule has 0 aliphatic rings. The summed E-state index contributed by atoms with van der Waals surface area (Å²) in [5.41, 5.74) is 6.85. The van der Waals surface area contributed by atoms with Gasteiger partial charge in [0.25, 0.3) is 0 Å². The molecule has 4 aromatic rings. The average Bonchev–Trinajstić information content (AvgIpc) is 3.03. The summed E-state index contributed by atoms with van der Waals surface area (Å²) in [5, 5.41) is 1.86. The van der Waals surface area contributed by atoms with Crippen LogP contribution in [0.5, 0.6) is 0 Å². The number of rotatable bonds is 5. The maximum Gasteiger partial charge on any atom is 0.336 e. The first-order chi connectivity index (χ1) is 13.5. The van der Waals surface area contributed by atoms with Gasteiger partial charge < -0.3 is 9.40 Å². The van der Waals surface area contributed by atoms with Crippen molar-refractivity contribution in [3.05, 3.63) is 92.6 Å². The summed E-state index contributed by atoms with van der Waals surface area (Å²) in [6, 6.07) is 16.0. The van der Waals surface area contributed by atoms with Crippen LogP contribution in [0, 0.1) is 20.8 Å². The van der Waals surface area contributed by atoms with Crippen LogP contribution in [0.4, 0.5) is 0 Å². The average molecular weight is 391 g/mol. The van der Waals surface area contributed by atoms with Crippen molar-refractivity contribution in [3.63, 3.8) is 0 Å². The topological polar surface area (TPSA) is 58.9 Å². The summed E-state index contributed by atoms with van der Waals surface area (Å²) in [5.74, 6) is 0.655. The van der Waals surface area contributed by atoms with Crippen LogP contribution in [0.2, 0.25) is 0 Å². The molecule has 0 fully saturated rings. The number of benzene rings is 2. The number of aromatic amines is 1. The zero-order valence-electron chi connectivity index (χ0n) is 16.2. The molecule has 0 aliphatic carbocycles. The van der Waals surface area contributed by atoms with E-state index in [1.807, 2.05) is 45.0 Å². The maximum absolute atomic E-state index is 12.0. The van der Waals surface area contributed by atoms with Gasteiger partial charge >= 0.3 is 5.63 Å². The Morgan fingerprint density at radius 3 is 2.64 bits per heavy atom. The number of aromatic nitrogens is 2. The first kappa shape index (κ1) is 18.6. The molecule has 0 aliphatic heterocycles. The Morgan fingerprint density at radius 2 is 1.86 bits per heavy atom. The predicted octanol–water partition coefficient (Wildman–Crippen LogP) is 5.32. The Hall–Kier alpha value is -2.79. The number of hydrogen-bond acceptors (Lipinski definition) is 4. The molecule has 2 aromatic heterocycles. The third-order valence-corrected chi connectivity index (χ3v) is 5.98. The van der Waals surface area contributed by atoms with E-state index < -0.39 is 0 Å². The van der Waals surface area contributed by atoms with Crippen LogP contribution >= 0.6 is 11.8 Å². The molecule has 1 N–H and O–H groups in total. The van der Waals surface area contributed by atoms with Crippen LogP contribution < -0.4 is 5.63 Å². The number of nitrogens with zero attached hydrogens (tertiary/aromatic N) is 1. The van der Waals surface area contributed by atoms with Gasteiger partial charge in [0.05, 0.1) is 5.69 Å². The van der Waals surface area contributed by atoms with Crippen LogP contribution in [-0.2, 0) is 12.2 Å². The lowest BCUT2D eigenvalue weighted by Gasteiger charge is -2.08. The van der Waals surface area contributed by atoms with Gasteiger partial charge in [-0.25, -0.2) is 9.78 Å². The van der Waals surface area contributed by atoms with Crippen LogP contribution in [0.1, 0.15) is 33.6 Å². The summed E-state index contributed by atoms with van der Waals surface area (Å²) in [4.78, 5) is 20.2. The minimum Gasteiger partial charge on any atom is -0.422 e. The van der Waals surface area contributed by atoms with Crippen molar-refractivity contribution in [1.29, 1.82) is 0 Å². The molecule has 0 saturated carbocycles. The number of imidazole rings is 1. The number of H-pyrrole nitrogens is 1. The van der Waals surface area contributed by atoms with Gasteiger partial charge in [0, 0.05) is 29.3 Å². The summed E-state index contributed by atoms with van der Waals surface area (Å²) in [7, 11) is 0. The molecule has 0 unspecified atom stereocenters. The highest BCUT2D eigenvalue weighted by Gasteiger charge is 2.12. The molecule has 28 heavy (non-hydrogen) atoms. The lowest BCUT2D eigenvalue weighted by Crippen LogP contribution is -2.01. The van der Waals surface area contributed by atoms with E-state index in [1.54, 1.807) is 17.8 Å². The van der Waals surface area contributed by atoms with E-state index in [-0.39, 0.29) is 5.63 Å². The third-order valence-electron chi connectivity index (χ3n) is 5.06. The van der Waals surface area contributed by atoms with E-state index in [2.05, 4.69) is 23.2 Å². The largest absolute Gasteiger partial charge is 0.422 e. The number of nitrogens with one attached hydrogen (secondary N) is 1. The van der Waals surface area contributed by atoms with Crippen molar-refractivity contribution < 1.29 is 4.42 Å². The summed E-state index contributed by atoms with van der Waals surface area (Å²) in [6.45, 7) is 6.06. The fourth-order valence-corrected chi connectivity index (χ4v) is 4.22. The number of aryl methyl sites for hydroxylation is 3. The number of fused-ring (bicyclic) bond motifs is 1. The molecule has 4 rings (SSSR count). The van der Waals surface area contributed by atoms with E-state index in [1.165, 1.54) is 5.56 Å². The molecule has 0 amide bonds. The Balaban J connectivity index is 1.58. The lowest BCUT2D eigenvalue weighted by atomic mass is 10.0. The Morgan fingerprint density at radius 1 is 1.07 bits per heavy atom. The number of thioether (sulfide) groups is 1. The van der Waals surface area contributed by atoms with Crippen molar-refractivity contribution in [1.82, 2.24) is 9.97 Å². The minimum absolute atomic E-state index is 0.308. The normalized spacial score (nSPS) is 11.2. The van der Waals surface area contributed by atoms with E-state index in [0.717, 1.165) is 45.0 Å². The smallest absolute Gasteiger partial charge is 0.336 e. The second-order valence-corrected chi connectivity index (χ2v) is 8.00. The maximum atomic E-state index is 12.0. The van der Waals surface area contributed by atoms with Crippen LogP contribution in [0.15, 0.2) is 62.9 Å². The quantitative estimate of drug-likeness (QED) is 0.370. The van der Waals surface area contributed by atoms with Gasteiger partial charge in [-0.1, -0.05) is 54.2 Å². The molecule has 0 atom stereocenters. The number of hydrogen-bond donors (Lipinski definition) is 1. The van der Waals surface area contributed by atoms with E-state index in [4.69, 9.17) is 9.40 Å². The molecular formula is C23H22N2O2S. The lowest BCUT2D eigenvalue weighted by molar-refractivity contribution is 0.557. The first-order valence-electron chi connectivity index (χ1n) is 9.26. The zero-order chi connectivity index (χ0) is 19.7. The molecule has 2 heterocycles. The van der Waals surface area contributed by atoms with Gasteiger partial charge in [0.1, 0.15) is 5.58 Å². The fourth-order valence-electron chi connectivity index (χ4n) is 3.29. The molecule has 0 spiro atoms. The van der Waals surface area contributed by atoms with E-state index in [0.29, 0.717) is 11.3 Å². The van der Waals surface area contributed by atoms with Gasteiger partial charge in [-0.05, 0) is 43.0 Å². The summed E-state index contributed by atoms with van der Waals surface area (Å²) < 4.78 is 5.47. The highest BCUT2D eigenvalue weighted by molar-refractivity contribution is 7.98. The minimum atomic E-state index is -0.308. The zero-order valence-corrected chi connectivity index (χ0v) is 17.0. The van der Waals surface area contributed by atoms with Gasteiger partial charge in [-0.3, -0.25) is 0 Å². The second kappa shape index (κ2) is 7.68. The van der Waals surface area contributed by atoms with E-state index in [9.17, 15) is 4.79 Å².